The molecule has 15 heavy (non-hydrogen) atoms. The molecule has 0 aromatic heterocycles. The molecule has 2 atom stereocenters. The molecule has 0 saturated heterocycles. The smallest absolute Gasteiger partial charge is 0.322 e. The summed E-state index contributed by atoms with van der Waals surface area (Å²) in [5, 5.41) is 0.435. The van der Waals surface area contributed by atoms with Crippen LogP contribution in [0.5, 0.6) is 0 Å². The Morgan fingerprint density at radius 3 is 2.73 bits per heavy atom. The Morgan fingerprint density at radius 1 is 1.53 bits per heavy atom. The number of thioether (sulfide) groups is 1. The highest BCUT2D eigenvalue weighted by Crippen LogP contribution is 2.12. The maximum atomic E-state index is 11.2. The van der Waals surface area contributed by atoms with Crippen LogP contribution in [0.2, 0.25) is 0 Å². The molecular weight excluding hydrogens is 214 g/mol. The van der Waals surface area contributed by atoms with Crippen molar-refractivity contribution in [2.75, 3.05) is 26.1 Å². The molecule has 0 aromatic carbocycles. The molecule has 0 aliphatic rings. The summed E-state index contributed by atoms with van der Waals surface area (Å²) in [5.74, 6) is 0.544. The van der Waals surface area contributed by atoms with E-state index in [-0.39, 0.29) is 5.97 Å². The fraction of sp³-hybridized carbons (Fsp3) is 0.900. The molecule has 0 heterocycles. The Balaban J connectivity index is 3.53. The van der Waals surface area contributed by atoms with E-state index in [9.17, 15) is 4.79 Å². The quantitative estimate of drug-likeness (QED) is 0.637. The Morgan fingerprint density at radius 2 is 2.20 bits per heavy atom. The molecule has 2 unspecified atom stereocenters. The Kier molecular flexibility index (Phi) is 8.85. The van der Waals surface area contributed by atoms with E-state index in [1.165, 1.54) is 0 Å². The highest BCUT2D eigenvalue weighted by atomic mass is 32.2. The van der Waals surface area contributed by atoms with Gasteiger partial charge in [-0.25, -0.2) is 0 Å². The maximum absolute atomic E-state index is 11.2. The zero-order chi connectivity index (χ0) is 11.7. The van der Waals surface area contributed by atoms with Crippen molar-refractivity contribution in [3.05, 3.63) is 0 Å². The number of methoxy groups -OCH3 is 1. The fourth-order valence-electron chi connectivity index (χ4n) is 1.05. The van der Waals surface area contributed by atoms with E-state index in [0.29, 0.717) is 18.3 Å². The van der Waals surface area contributed by atoms with Gasteiger partial charge in [0.1, 0.15) is 6.04 Å². The Bertz CT molecular complexity index is 178. The monoisotopic (exact) mass is 235 g/mol. The predicted octanol–water partition coefficient (Wildman–Crippen LogP) is 1.03. The molecule has 0 rings (SSSR count). The Hall–Kier alpha value is -0.260. The fourth-order valence-corrected chi connectivity index (χ4v) is 2.07. The summed E-state index contributed by atoms with van der Waals surface area (Å²) in [4.78, 5) is 11.2. The van der Waals surface area contributed by atoms with Gasteiger partial charge in [-0.3, -0.25) is 4.79 Å². The van der Waals surface area contributed by atoms with Crippen LogP contribution in [0.1, 0.15) is 20.3 Å². The summed E-state index contributed by atoms with van der Waals surface area (Å²) in [5.41, 5.74) is 5.64. The second kappa shape index (κ2) is 9.00. The summed E-state index contributed by atoms with van der Waals surface area (Å²) in [7, 11) is 1.68. The lowest BCUT2D eigenvalue weighted by Crippen LogP contribution is -2.33. The van der Waals surface area contributed by atoms with Crippen LogP contribution >= 0.6 is 11.8 Å². The third-order valence-electron chi connectivity index (χ3n) is 1.82. The van der Waals surface area contributed by atoms with Gasteiger partial charge in [0.05, 0.1) is 13.2 Å². The minimum atomic E-state index is -0.493. The number of rotatable bonds is 8. The molecular formula is C10H21NO3S. The second-order valence-electron chi connectivity index (χ2n) is 3.28. The van der Waals surface area contributed by atoms with Gasteiger partial charge in [-0.05, 0) is 19.1 Å². The van der Waals surface area contributed by atoms with Crippen LogP contribution in [0.4, 0.5) is 0 Å². The van der Waals surface area contributed by atoms with Crippen molar-refractivity contribution in [1.82, 2.24) is 0 Å². The van der Waals surface area contributed by atoms with Gasteiger partial charge >= 0.3 is 5.97 Å². The van der Waals surface area contributed by atoms with E-state index < -0.39 is 6.04 Å². The van der Waals surface area contributed by atoms with Crippen LogP contribution in [0.25, 0.3) is 0 Å². The Labute approximate surface area is 95.9 Å². The molecule has 0 spiro atoms. The summed E-state index contributed by atoms with van der Waals surface area (Å²) >= 11 is 1.75. The SMILES string of the molecule is CCOC(=O)C(N)CCSC(C)COC. The van der Waals surface area contributed by atoms with Gasteiger partial charge in [0, 0.05) is 12.4 Å². The second-order valence-corrected chi connectivity index (χ2v) is 4.83. The van der Waals surface area contributed by atoms with Crippen molar-refractivity contribution < 1.29 is 14.3 Å². The maximum Gasteiger partial charge on any atom is 0.322 e. The van der Waals surface area contributed by atoms with Gasteiger partial charge in [0.15, 0.2) is 0 Å². The van der Waals surface area contributed by atoms with Crippen LogP contribution in [-0.2, 0) is 14.3 Å². The van der Waals surface area contributed by atoms with Crippen molar-refractivity contribution in [3.8, 4) is 0 Å². The molecule has 0 aliphatic carbocycles. The number of ether oxygens (including phenoxy) is 2. The number of carbonyl (C=O) groups is 1. The highest BCUT2D eigenvalue weighted by Gasteiger charge is 2.14. The first-order valence-electron chi connectivity index (χ1n) is 5.14. The molecule has 2 N–H and O–H groups in total. The first-order chi connectivity index (χ1) is 7.11. The molecule has 0 fully saturated rings. The average molecular weight is 235 g/mol. The van der Waals surface area contributed by atoms with E-state index in [1.807, 2.05) is 0 Å². The zero-order valence-electron chi connectivity index (χ0n) is 9.69. The van der Waals surface area contributed by atoms with E-state index in [0.717, 1.165) is 12.4 Å². The van der Waals surface area contributed by atoms with Gasteiger partial charge in [0.25, 0.3) is 0 Å². The van der Waals surface area contributed by atoms with E-state index >= 15 is 0 Å². The van der Waals surface area contributed by atoms with Crippen molar-refractivity contribution in [3.63, 3.8) is 0 Å². The molecule has 4 nitrogen and oxygen atoms in total. The first kappa shape index (κ1) is 14.7. The van der Waals surface area contributed by atoms with Gasteiger partial charge in [-0.1, -0.05) is 6.92 Å². The lowest BCUT2D eigenvalue weighted by atomic mass is 10.2. The molecule has 90 valence electrons. The average Bonchev–Trinajstić information content (AvgIpc) is 2.18. The molecule has 5 heteroatoms. The van der Waals surface area contributed by atoms with Crippen molar-refractivity contribution in [2.45, 2.75) is 31.6 Å². The number of nitrogens with two attached hydrogens (primary N) is 1. The third kappa shape index (κ3) is 7.64. The van der Waals surface area contributed by atoms with E-state index in [2.05, 4.69) is 6.92 Å². The molecule has 0 aromatic rings. The van der Waals surface area contributed by atoms with Gasteiger partial charge < -0.3 is 15.2 Å². The van der Waals surface area contributed by atoms with E-state index in [1.54, 1.807) is 25.8 Å². The minimum absolute atomic E-state index is 0.308. The largest absolute Gasteiger partial charge is 0.465 e. The molecule has 0 amide bonds. The molecule has 0 saturated carbocycles. The lowest BCUT2D eigenvalue weighted by molar-refractivity contribution is -0.144. The van der Waals surface area contributed by atoms with Crippen LogP contribution in [0, 0.1) is 0 Å². The minimum Gasteiger partial charge on any atom is -0.465 e. The third-order valence-corrected chi connectivity index (χ3v) is 3.00. The standard InChI is InChI=1S/C10H21NO3S/c1-4-14-10(12)9(11)5-6-15-8(2)7-13-3/h8-9H,4-7,11H2,1-3H3. The number of carbonyl (C=O) groups excluding carboxylic acids is 1. The summed E-state index contributed by atoms with van der Waals surface area (Å²) in [6.45, 7) is 4.98. The van der Waals surface area contributed by atoms with Crippen LogP contribution < -0.4 is 5.73 Å². The normalized spacial score (nSPS) is 14.7. The van der Waals surface area contributed by atoms with Crippen molar-refractivity contribution in [2.24, 2.45) is 5.73 Å². The van der Waals surface area contributed by atoms with Gasteiger partial charge in [-0.2, -0.15) is 11.8 Å². The van der Waals surface area contributed by atoms with E-state index in [4.69, 9.17) is 15.2 Å². The number of hydrogen-bond acceptors (Lipinski definition) is 5. The zero-order valence-corrected chi connectivity index (χ0v) is 10.5. The first-order valence-corrected chi connectivity index (χ1v) is 6.19. The number of esters is 1. The molecule has 0 radical (unpaired) electrons. The van der Waals surface area contributed by atoms with Crippen LogP contribution in [-0.4, -0.2) is 43.3 Å². The summed E-state index contributed by atoms with van der Waals surface area (Å²) in [6, 6.07) is -0.493. The van der Waals surface area contributed by atoms with Crippen molar-refractivity contribution >= 4 is 17.7 Å². The lowest BCUT2D eigenvalue weighted by Gasteiger charge is -2.12. The van der Waals surface area contributed by atoms with Crippen LogP contribution in [0.3, 0.4) is 0 Å². The summed E-state index contributed by atoms with van der Waals surface area (Å²) in [6.07, 6.45) is 0.650. The van der Waals surface area contributed by atoms with Gasteiger partial charge in [-0.15, -0.1) is 0 Å². The summed E-state index contributed by atoms with van der Waals surface area (Å²) < 4.78 is 9.81. The number of hydrogen-bond donors (Lipinski definition) is 1. The predicted molar refractivity (Wildman–Crippen MR) is 63.0 cm³/mol. The molecule has 0 aliphatic heterocycles. The van der Waals surface area contributed by atoms with Crippen LogP contribution in [0.15, 0.2) is 0 Å². The van der Waals surface area contributed by atoms with Crippen molar-refractivity contribution in [1.29, 1.82) is 0 Å². The highest BCUT2D eigenvalue weighted by molar-refractivity contribution is 7.99. The topological polar surface area (TPSA) is 61.5 Å². The molecule has 0 bridgehead atoms. The van der Waals surface area contributed by atoms with Gasteiger partial charge in [0.2, 0.25) is 0 Å².